The SMILES string of the molecule is O=C(NCc1ccccc1OCCO)N1C[C@H]2CC=CC[C@H]2C1. The van der Waals surface area contributed by atoms with Gasteiger partial charge in [0.1, 0.15) is 12.4 Å². The fourth-order valence-electron chi connectivity index (χ4n) is 3.41. The van der Waals surface area contributed by atoms with Crippen LogP contribution in [-0.2, 0) is 6.54 Å². The number of carbonyl (C=O) groups excluding carboxylic acids is 1. The number of hydrogen-bond donors (Lipinski definition) is 2. The highest BCUT2D eigenvalue weighted by Crippen LogP contribution is 2.32. The van der Waals surface area contributed by atoms with Gasteiger partial charge in [0.25, 0.3) is 0 Å². The van der Waals surface area contributed by atoms with Gasteiger partial charge in [-0.2, -0.15) is 0 Å². The van der Waals surface area contributed by atoms with Gasteiger partial charge in [0.05, 0.1) is 6.61 Å². The first-order chi connectivity index (χ1) is 11.3. The largest absolute Gasteiger partial charge is 0.491 e. The van der Waals surface area contributed by atoms with Gasteiger partial charge in [-0.15, -0.1) is 0 Å². The summed E-state index contributed by atoms with van der Waals surface area (Å²) < 4.78 is 5.50. The first-order valence-electron chi connectivity index (χ1n) is 8.27. The monoisotopic (exact) mass is 316 g/mol. The van der Waals surface area contributed by atoms with Gasteiger partial charge < -0.3 is 20.1 Å². The average molecular weight is 316 g/mol. The molecule has 0 bridgehead atoms. The summed E-state index contributed by atoms with van der Waals surface area (Å²) >= 11 is 0. The molecule has 5 heteroatoms. The third-order valence-electron chi connectivity index (χ3n) is 4.66. The Morgan fingerprint density at radius 3 is 2.61 bits per heavy atom. The second-order valence-corrected chi connectivity index (χ2v) is 6.21. The van der Waals surface area contributed by atoms with Crippen molar-refractivity contribution in [3.63, 3.8) is 0 Å². The van der Waals surface area contributed by atoms with Crippen molar-refractivity contribution in [3.8, 4) is 5.75 Å². The number of urea groups is 1. The van der Waals surface area contributed by atoms with Crippen LogP contribution in [0, 0.1) is 11.8 Å². The Morgan fingerprint density at radius 2 is 1.91 bits per heavy atom. The molecule has 124 valence electrons. The van der Waals surface area contributed by atoms with Crippen LogP contribution in [0.25, 0.3) is 0 Å². The highest BCUT2D eigenvalue weighted by Gasteiger charge is 2.34. The zero-order valence-corrected chi connectivity index (χ0v) is 13.3. The van der Waals surface area contributed by atoms with Gasteiger partial charge in [-0.05, 0) is 30.7 Å². The number of para-hydroxylation sites is 1. The summed E-state index contributed by atoms with van der Waals surface area (Å²) in [4.78, 5) is 14.3. The fraction of sp³-hybridized carbons (Fsp3) is 0.500. The van der Waals surface area contributed by atoms with Crippen LogP contribution in [0.4, 0.5) is 4.79 Å². The second-order valence-electron chi connectivity index (χ2n) is 6.21. The van der Waals surface area contributed by atoms with E-state index in [4.69, 9.17) is 9.84 Å². The van der Waals surface area contributed by atoms with Crippen LogP contribution in [0.2, 0.25) is 0 Å². The highest BCUT2D eigenvalue weighted by atomic mass is 16.5. The molecule has 23 heavy (non-hydrogen) atoms. The predicted molar refractivity (Wildman–Crippen MR) is 88.2 cm³/mol. The van der Waals surface area contributed by atoms with E-state index >= 15 is 0 Å². The lowest BCUT2D eigenvalue weighted by molar-refractivity contribution is 0.198. The fourth-order valence-corrected chi connectivity index (χ4v) is 3.41. The van der Waals surface area contributed by atoms with Crippen LogP contribution >= 0.6 is 0 Å². The standard InChI is InChI=1S/C18H24N2O3/c21-9-10-23-17-8-4-3-5-14(17)11-19-18(22)20-12-15-6-1-2-7-16(15)13-20/h1-5,8,15-16,21H,6-7,9-13H2,(H,19,22)/t15-,16+. The van der Waals surface area contributed by atoms with E-state index in [1.54, 1.807) is 0 Å². The maximum atomic E-state index is 12.4. The lowest BCUT2D eigenvalue weighted by atomic mass is 9.86. The Morgan fingerprint density at radius 1 is 1.22 bits per heavy atom. The lowest BCUT2D eigenvalue weighted by Gasteiger charge is -2.18. The number of nitrogens with zero attached hydrogens (tertiary/aromatic N) is 1. The molecule has 0 aromatic heterocycles. The highest BCUT2D eigenvalue weighted by molar-refractivity contribution is 5.74. The summed E-state index contributed by atoms with van der Waals surface area (Å²) in [5.41, 5.74) is 0.924. The lowest BCUT2D eigenvalue weighted by Crippen LogP contribution is -2.38. The third kappa shape index (κ3) is 3.85. The Kier molecular flexibility index (Phi) is 5.18. The number of aliphatic hydroxyl groups excluding tert-OH is 1. The van der Waals surface area contributed by atoms with Gasteiger partial charge >= 0.3 is 6.03 Å². The van der Waals surface area contributed by atoms with E-state index in [9.17, 15) is 4.79 Å². The number of benzene rings is 1. The molecule has 1 aliphatic heterocycles. The van der Waals surface area contributed by atoms with Crippen molar-refractivity contribution < 1.29 is 14.6 Å². The van der Waals surface area contributed by atoms with Crippen LogP contribution in [0.5, 0.6) is 5.75 Å². The summed E-state index contributed by atoms with van der Waals surface area (Å²) in [7, 11) is 0. The Bertz CT molecular complexity index is 557. The molecule has 0 spiro atoms. The van der Waals surface area contributed by atoms with Crippen molar-refractivity contribution in [3.05, 3.63) is 42.0 Å². The molecular formula is C18H24N2O3. The number of rotatable bonds is 5. The molecular weight excluding hydrogens is 292 g/mol. The van der Waals surface area contributed by atoms with E-state index in [-0.39, 0.29) is 19.2 Å². The van der Waals surface area contributed by atoms with E-state index in [0.717, 1.165) is 31.5 Å². The topological polar surface area (TPSA) is 61.8 Å². The number of ether oxygens (including phenoxy) is 1. The van der Waals surface area contributed by atoms with E-state index in [1.807, 2.05) is 29.2 Å². The molecule has 2 N–H and O–H groups in total. The van der Waals surface area contributed by atoms with Gasteiger partial charge in [0, 0.05) is 25.2 Å². The van der Waals surface area contributed by atoms with Gasteiger partial charge in [0.2, 0.25) is 0 Å². The number of nitrogens with one attached hydrogen (secondary N) is 1. The molecule has 5 nitrogen and oxygen atoms in total. The predicted octanol–water partition coefficient (Wildman–Crippen LogP) is 2.17. The van der Waals surface area contributed by atoms with Gasteiger partial charge in [0.15, 0.2) is 0 Å². The molecule has 3 rings (SSSR count). The number of aliphatic hydroxyl groups is 1. The van der Waals surface area contributed by atoms with E-state index in [1.165, 1.54) is 0 Å². The summed E-state index contributed by atoms with van der Waals surface area (Å²) in [5, 5.41) is 11.9. The number of hydrogen-bond acceptors (Lipinski definition) is 3. The van der Waals surface area contributed by atoms with Crippen LogP contribution in [0.15, 0.2) is 36.4 Å². The number of fused-ring (bicyclic) bond motifs is 1. The van der Waals surface area contributed by atoms with Crippen LogP contribution in [0.3, 0.4) is 0 Å². The van der Waals surface area contributed by atoms with Crippen LogP contribution < -0.4 is 10.1 Å². The minimum atomic E-state index is -0.0225. The number of carbonyl (C=O) groups is 1. The van der Waals surface area contributed by atoms with E-state index in [0.29, 0.717) is 24.1 Å². The maximum Gasteiger partial charge on any atom is 0.317 e. The van der Waals surface area contributed by atoms with Gasteiger partial charge in [-0.1, -0.05) is 30.4 Å². The molecule has 0 saturated carbocycles. The number of likely N-dealkylation sites (tertiary alicyclic amines) is 1. The second kappa shape index (κ2) is 7.51. The molecule has 2 amide bonds. The normalized spacial score (nSPS) is 22.7. The molecule has 2 aliphatic rings. The maximum absolute atomic E-state index is 12.4. The van der Waals surface area contributed by atoms with Crippen molar-refractivity contribution in [2.75, 3.05) is 26.3 Å². The first kappa shape index (κ1) is 15.9. The van der Waals surface area contributed by atoms with Crippen molar-refractivity contribution in [2.45, 2.75) is 19.4 Å². The Labute approximate surface area is 136 Å². The van der Waals surface area contributed by atoms with Gasteiger partial charge in [-0.25, -0.2) is 4.79 Å². The van der Waals surface area contributed by atoms with Crippen LogP contribution in [0.1, 0.15) is 18.4 Å². The molecule has 1 aromatic rings. The van der Waals surface area contributed by atoms with Gasteiger partial charge in [-0.3, -0.25) is 0 Å². The summed E-state index contributed by atoms with van der Waals surface area (Å²) in [5.74, 6) is 1.94. The smallest absolute Gasteiger partial charge is 0.317 e. The summed E-state index contributed by atoms with van der Waals surface area (Å²) in [6.45, 7) is 2.37. The molecule has 1 aromatic carbocycles. The zero-order valence-electron chi connectivity index (χ0n) is 13.3. The first-order valence-corrected chi connectivity index (χ1v) is 8.27. The Balaban J connectivity index is 1.53. The van der Waals surface area contributed by atoms with Crippen molar-refractivity contribution in [1.82, 2.24) is 10.2 Å². The third-order valence-corrected chi connectivity index (χ3v) is 4.66. The quantitative estimate of drug-likeness (QED) is 0.818. The number of allylic oxidation sites excluding steroid dienone is 2. The molecule has 0 unspecified atom stereocenters. The molecule has 1 saturated heterocycles. The van der Waals surface area contributed by atoms with Crippen molar-refractivity contribution in [1.29, 1.82) is 0 Å². The van der Waals surface area contributed by atoms with E-state index in [2.05, 4.69) is 17.5 Å². The Hall–Kier alpha value is -2.01. The molecule has 2 atom stereocenters. The molecule has 1 aliphatic carbocycles. The summed E-state index contributed by atoms with van der Waals surface area (Å²) in [6.07, 6.45) is 6.65. The molecule has 0 radical (unpaired) electrons. The number of amides is 2. The minimum Gasteiger partial charge on any atom is -0.491 e. The molecule has 1 heterocycles. The minimum absolute atomic E-state index is 0.00337. The van der Waals surface area contributed by atoms with Crippen molar-refractivity contribution in [2.24, 2.45) is 11.8 Å². The van der Waals surface area contributed by atoms with E-state index < -0.39 is 0 Å². The summed E-state index contributed by atoms with van der Waals surface area (Å²) in [6, 6.07) is 7.59. The van der Waals surface area contributed by atoms with Crippen molar-refractivity contribution >= 4 is 6.03 Å². The zero-order chi connectivity index (χ0) is 16.1. The average Bonchev–Trinajstić information content (AvgIpc) is 3.02. The van der Waals surface area contributed by atoms with Crippen LogP contribution in [-0.4, -0.2) is 42.3 Å². The molecule has 1 fully saturated rings.